The highest BCUT2D eigenvalue weighted by atomic mass is 16.2. The molecule has 1 aliphatic rings. The van der Waals surface area contributed by atoms with Crippen molar-refractivity contribution < 1.29 is 4.79 Å². The van der Waals surface area contributed by atoms with E-state index >= 15 is 0 Å². The molecule has 19 heavy (non-hydrogen) atoms. The number of nitrogens with two attached hydrogens (primary N) is 1. The number of nitrogens with zero attached hydrogens (tertiary/aromatic N) is 1. The van der Waals surface area contributed by atoms with Crippen molar-refractivity contribution in [1.82, 2.24) is 10.3 Å². The Balaban J connectivity index is 2.64. The largest absolute Gasteiger partial charge is 0.299 e. The average molecular weight is 269 g/mol. The summed E-state index contributed by atoms with van der Waals surface area (Å²) in [4.78, 5) is 14.4. The lowest BCUT2D eigenvalue weighted by Crippen LogP contribution is -2.49. The van der Waals surface area contributed by atoms with Crippen LogP contribution in [0.25, 0.3) is 0 Å². The molecule has 1 amide bonds. The summed E-state index contributed by atoms with van der Waals surface area (Å²) in [6, 6.07) is 0.656. The van der Waals surface area contributed by atoms with Crippen LogP contribution in [0.5, 0.6) is 0 Å². The van der Waals surface area contributed by atoms with E-state index in [0.717, 1.165) is 13.1 Å². The fraction of sp³-hybridized carbons (Fsp3) is 0.933. The Morgan fingerprint density at radius 2 is 1.95 bits per heavy atom. The van der Waals surface area contributed by atoms with Crippen LogP contribution in [0.4, 0.5) is 0 Å². The van der Waals surface area contributed by atoms with Gasteiger partial charge in [-0.2, -0.15) is 0 Å². The van der Waals surface area contributed by atoms with Crippen LogP contribution >= 0.6 is 0 Å². The molecular formula is C15H31N3O. The van der Waals surface area contributed by atoms with Gasteiger partial charge in [-0.05, 0) is 45.6 Å². The first kappa shape index (κ1) is 16.4. The van der Waals surface area contributed by atoms with Crippen LogP contribution in [0.1, 0.15) is 59.8 Å². The van der Waals surface area contributed by atoms with E-state index in [1.807, 2.05) is 13.8 Å². The summed E-state index contributed by atoms with van der Waals surface area (Å²) in [6.45, 7) is 10.4. The van der Waals surface area contributed by atoms with Crippen molar-refractivity contribution in [1.29, 1.82) is 0 Å². The highest BCUT2D eigenvalue weighted by Gasteiger charge is 2.33. The molecular weight excluding hydrogens is 238 g/mol. The minimum atomic E-state index is -0.422. The number of hydrogen-bond acceptors (Lipinski definition) is 3. The molecule has 4 heteroatoms. The van der Waals surface area contributed by atoms with Gasteiger partial charge in [0.2, 0.25) is 5.91 Å². The second-order valence-corrected chi connectivity index (χ2v) is 6.95. The first-order valence-electron chi connectivity index (χ1n) is 7.62. The molecule has 0 aliphatic heterocycles. The Morgan fingerprint density at radius 3 is 2.42 bits per heavy atom. The second kappa shape index (κ2) is 7.25. The summed E-state index contributed by atoms with van der Waals surface area (Å²) in [6.07, 6.45) is 6.40. The Bertz CT molecular complexity index is 283. The van der Waals surface area contributed by atoms with E-state index in [-0.39, 0.29) is 5.91 Å². The zero-order chi connectivity index (χ0) is 14.5. The minimum absolute atomic E-state index is 0.0694. The summed E-state index contributed by atoms with van der Waals surface area (Å²) < 4.78 is 0. The van der Waals surface area contributed by atoms with Gasteiger partial charge in [-0.3, -0.25) is 15.1 Å². The minimum Gasteiger partial charge on any atom is -0.299 e. The molecule has 0 aromatic rings. The summed E-state index contributed by atoms with van der Waals surface area (Å²) in [5.74, 6) is 5.93. The van der Waals surface area contributed by atoms with Crippen molar-refractivity contribution in [3.63, 3.8) is 0 Å². The average Bonchev–Trinajstić information content (AvgIpc) is 2.86. The first-order chi connectivity index (χ1) is 8.86. The fourth-order valence-corrected chi connectivity index (χ4v) is 2.86. The second-order valence-electron chi connectivity index (χ2n) is 6.95. The number of hydrogen-bond donors (Lipinski definition) is 2. The monoisotopic (exact) mass is 269 g/mol. The lowest BCUT2D eigenvalue weighted by Gasteiger charge is -2.35. The van der Waals surface area contributed by atoms with Gasteiger partial charge in [0.05, 0.1) is 5.41 Å². The number of carbonyl (C=O) groups is 1. The predicted octanol–water partition coefficient (Wildman–Crippen LogP) is 2.29. The summed E-state index contributed by atoms with van der Waals surface area (Å²) in [7, 11) is 0. The molecule has 1 rings (SSSR count). The molecule has 0 spiro atoms. The zero-order valence-electron chi connectivity index (χ0n) is 13.0. The first-order valence-corrected chi connectivity index (χ1v) is 7.62. The van der Waals surface area contributed by atoms with E-state index in [1.54, 1.807) is 0 Å². The van der Waals surface area contributed by atoms with Gasteiger partial charge in [-0.1, -0.05) is 26.7 Å². The van der Waals surface area contributed by atoms with Gasteiger partial charge in [-0.25, -0.2) is 5.84 Å². The molecule has 0 aromatic carbocycles. The Labute approximate surface area is 118 Å². The van der Waals surface area contributed by atoms with Crippen LogP contribution in [0.2, 0.25) is 0 Å². The third kappa shape index (κ3) is 5.11. The topological polar surface area (TPSA) is 58.4 Å². The number of rotatable bonds is 7. The van der Waals surface area contributed by atoms with Crippen molar-refractivity contribution in [2.45, 2.75) is 65.8 Å². The van der Waals surface area contributed by atoms with E-state index < -0.39 is 5.41 Å². The molecule has 1 aliphatic carbocycles. The van der Waals surface area contributed by atoms with Crippen LogP contribution < -0.4 is 11.3 Å². The lowest BCUT2D eigenvalue weighted by atomic mass is 9.90. The molecule has 0 saturated heterocycles. The van der Waals surface area contributed by atoms with Crippen molar-refractivity contribution in [3.8, 4) is 0 Å². The molecule has 4 nitrogen and oxygen atoms in total. The maximum Gasteiger partial charge on any atom is 0.240 e. The van der Waals surface area contributed by atoms with Gasteiger partial charge in [0.25, 0.3) is 0 Å². The Kier molecular flexibility index (Phi) is 6.27. The van der Waals surface area contributed by atoms with E-state index in [4.69, 9.17) is 5.84 Å². The van der Waals surface area contributed by atoms with Gasteiger partial charge in [0.15, 0.2) is 0 Å². The van der Waals surface area contributed by atoms with Gasteiger partial charge in [0, 0.05) is 12.6 Å². The van der Waals surface area contributed by atoms with Crippen LogP contribution in [-0.4, -0.2) is 29.9 Å². The molecule has 0 heterocycles. The molecule has 1 fully saturated rings. The quantitative estimate of drug-likeness (QED) is 0.423. The molecule has 0 aromatic heterocycles. The zero-order valence-corrected chi connectivity index (χ0v) is 13.0. The van der Waals surface area contributed by atoms with Crippen molar-refractivity contribution >= 4 is 5.91 Å². The van der Waals surface area contributed by atoms with Gasteiger partial charge >= 0.3 is 0 Å². The molecule has 0 bridgehead atoms. The van der Waals surface area contributed by atoms with E-state index in [2.05, 4.69) is 24.2 Å². The van der Waals surface area contributed by atoms with Gasteiger partial charge in [-0.15, -0.1) is 0 Å². The molecule has 0 atom stereocenters. The number of hydrazine groups is 1. The van der Waals surface area contributed by atoms with Crippen molar-refractivity contribution in [2.75, 3.05) is 13.1 Å². The molecule has 0 radical (unpaired) electrons. The fourth-order valence-electron chi connectivity index (χ4n) is 2.86. The van der Waals surface area contributed by atoms with Gasteiger partial charge < -0.3 is 0 Å². The smallest absolute Gasteiger partial charge is 0.240 e. The number of nitrogens with one attached hydrogen (secondary N) is 1. The maximum atomic E-state index is 11.9. The maximum absolute atomic E-state index is 11.9. The van der Waals surface area contributed by atoms with Crippen LogP contribution in [0.15, 0.2) is 0 Å². The standard InChI is InChI=1S/C15H31N3O/c1-12(2)9-10-18(13-7-5-6-8-13)11-15(3,4)14(19)17-16/h12-13H,5-11,16H2,1-4H3,(H,17,19). The van der Waals surface area contributed by atoms with Crippen LogP contribution in [-0.2, 0) is 4.79 Å². The van der Waals surface area contributed by atoms with Crippen molar-refractivity contribution in [3.05, 3.63) is 0 Å². The molecule has 3 N–H and O–H groups in total. The molecule has 1 saturated carbocycles. The number of carbonyl (C=O) groups excluding carboxylic acids is 1. The highest BCUT2D eigenvalue weighted by Crippen LogP contribution is 2.27. The summed E-state index contributed by atoms with van der Waals surface area (Å²) in [5.41, 5.74) is 1.88. The predicted molar refractivity (Wildman–Crippen MR) is 79.4 cm³/mol. The van der Waals surface area contributed by atoms with E-state index in [9.17, 15) is 4.79 Å². The molecule has 0 unspecified atom stereocenters. The summed E-state index contributed by atoms with van der Waals surface area (Å²) in [5, 5.41) is 0. The molecule has 112 valence electrons. The number of amides is 1. The third-order valence-corrected chi connectivity index (χ3v) is 4.18. The lowest BCUT2D eigenvalue weighted by molar-refractivity contribution is -0.130. The third-order valence-electron chi connectivity index (χ3n) is 4.18. The van der Waals surface area contributed by atoms with Crippen LogP contribution in [0, 0.1) is 11.3 Å². The van der Waals surface area contributed by atoms with E-state index in [1.165, 1.54) is 32.1 Å². The Morgan fingerprint density at radius 1 is 1.37 bits per heavy atom. The highest BCUT2D eigenvalue weighted by molar-refractivity contribution is 5.81. The Hall–Kier alpha value is -0.610. The SMILES string of the molecule is CC(C)CCN(CC(C)(C)C(=O)NN)C1CCCC1. The normalized spacial score (nSPS) is 17.4. The van der Waals surface area contributed by atoms with Crippen LogP contribution in [0.3, 0.4) is 0 Å². The van der Waals surface area contributed by atoms with Crippen molar-refractivity contribution in [2.24, 2.45) is 17.2 Å². The van der Waals surface area contributed by atoms with Gasteiger partial charge in [0.1, 0.15) is 0 Å². The van der Waals surface area contributed by atoms with E-state index in [0.29, 0.717) is 12.0 Å². The summed E-state index contributed by atoms with van der Waals surface area (Å²) >= 11 is 0.